The van der Waals surface area contributed by atoms with E-state index in [1.165, 1.54) is 10.7 Å². The maximum absolute atomic E-state index is 5.62. The maximum atomic E-state index is 5.62. The zero-order valence-electron chi connectivity index (χ0n) is 6.90. The van der Waals surface area contributed by atoms with Gasteiger partial charge in [-0.25, -0.2) is 0 Å². The lowest BCUT2D eigenvalue weighted by atomic mass is 10.1. The smallest absolute Gasteiger partial charge is 0.00301 e. The third-order valence-electron chi connectivity index (χ3n) is 2.06. The molecule has 1 aliphatic heterocycles. The molecular weight excluding hydrogens is 150 g/mol. The van der Waals surface area contributed by atoms with Crippen molar-refractivity contribution in [3.63, 3.8) is 0 Å². The van der Waals surface area contributed by atoms with Crippen LogP contribution in [0.3, 0.4) is 0 Å². The highest BCUT2D eigenvalue weighted by atomic mass is 15.7. The molecule has 64 valence electrons. The Morgan fingerprint density at radius 2 is 2.17 bits per heavy atom. The van der Waals surface area contributed by atoms with Gasteiger partial charge in [-0.05, 0) is 19.4 Å². The summed E-state index contributed by atoms with van der Waals surface area (Å²) in [6.07, 6.45) is 2.16. The number of hydrogen-bond donors (Lipinski definition) is 1. The van der Waals surface area contributed by atoms with E-state index in [0.29, 0.717) is 0 Å². The predicted octanol–water partition coefficient (Wildman–Crippen LogP) is 1.73. The Kier molecular flexibility index (Phi) is 1.98. The van der Waals surface area contributed by atoms with Crippen LogP contribution >= 0.6 is 0 Å². The van der Waals surface area contributed by atoms with Gasteiger partial charge in [-0.1, -0.05) is 29.8 Å². The van der Waals surface area contributed by atoms with Crippen molar-refractivity contribution in [2.24, 2.45) is 5.84 Å². The van der Waals surface area contributed by atoms with E-state index in [4.69, 9.17) is 5.84 Å². The highest BCUT2D eigenvalue weighted by Gasteiger charge is 2.00. The number of aryl methyl sites for hydroxylation is 1. The minimum Gasteiger partial charge on any atom is -0.606 e. The van der Waals surface area contributed by atoms with Crippen LogP contribution in [0.25, 0.3) is 5.43 Å². The summed E-state index contributed by atoms with van der Waals surface area (Å²) < 4.78 is 0. The van der Waals surface area contributed by atoms with Crippen LogP contribution in [0.4, 0.5) is 5.69 Å². The molecule has 1 aliphatic rings. The Morgan fingerprint density at radius 1 is 1.33 bits per heavy atom. The highest BCUT2D eigenvalue weighted by Crippen LogP contribution is 2.27. The minimum absolute atomic E-state index is 0.842. The molecule has 12 heavy (non-hydrogen) atoms. The van der Waals surface area contributed by atoms with E-state index in [1.54, 1.807) is 0 Å². The summed E-state index contributed by atoms with van der Waals surface area (Å²) in [5.74, 6) is 5.62. The number of nitrogens with zero attached hydrogens (tertiary/aromatic N) is 2. The number of rotatable bonds is 0. The summed E-state index contributed by atoms with van der Waals surface area (Å²) in [6, 6.07) is 8.14. The number of benzene rings is 1. The lowest BCUT2D eigenvalue weighted by Gasteiger charge is -2.32. The molecule has 0 atom stereocenters. The lowest BCUT2D eigenvalue weighted by molar-refractivity contribution is 0.374. The van der Waals surface area contributed by atoms with Crippen molar-refractivity contribution in [2.75, 3.05) is 6.54 Å². The second-order valence-corrected chi connectivity index (χ2v) is 3.00. The van der Waals surface area contributed by atoms with E-state index in [2.05, 4.69) is 11.5 Å². The molecule has 0 bridgehead atoms. The molecule has 2 N–H and O–H groups in total. The third-order valence-corrected chi connectivity index (χ3v) is 2.06. The van der Waals surface area contributed by atoms with Gasteiger partial charge < -0.3 is 10.5 Å². The summed E-state index contributed by atoms with van der Waals surface area (Å²) in [4.78, 5) is 0. The Hall–Kier alpha value is -1.06. The molecule has 0 spiro atoms. The summed E-state index contributed by atoms with van der Waals surface area (Å²) in [7, 11) is 0. The van der Waals surface area contributed by atoms with Gasteiger partial charge in [-0.3, -0.25) is 5.84 Å². The maximum Gasteiger partial charge on any atom is -0.00301 e. The van der Waals surface area contributed by atoms with Crippen molar-refractivity contribution in [3.05, 3.63) is 35.3 Å². The van der Waals surface area contributed by atoms with Crippen molar-refractivity contribution < 1.29 is 0 Å². The van der Waals surface area contributed by atoms with Gasteiger partial charge in [-0.2, -0.15) is 0 Å². The number of hydrazine groups is 1. The molecule has 1 aromatic rings. The topological polar surface area (TPSA) is 43.4 Å². The van der Waals surface area contributed by atoms with Gasteiger partial charge >= 0.3 is 0 Å². The largest absolute Gasteiger partial charge is 0.606 e. The van der Waals surface area contributed by atoms with Crippen LogP contribution in [-0.2, 0) is 6.42 Å². The van der Waals surface area contributed by atoms with Gasteiger partial charge in [-0.15, -0.1) is 5.69 Å². The second kappa shape index (κ2) is 3.13. The zero-order valence-corrected chi connectivity index (χ0v) is 6.90. The van der Waals surface area contributed by atoms with Crippen LogP contribution in [0.2, 0.25) is 0 Å². The first-order valence-electron chi connectivity index (χ1n) is 4.18. The molecule has 0 unspecified atom stereocenters. The van der Waals surface area contributed by atoms with E-state index >= 15 is 0 Å². The van der Waals surface area contributed by atoms with E-state index in [-0.39, 0.29) is 0 Å². The zero-order chi connectivity index (χ0) is 8.39. The normalized spacial score (nSPS) is 17.8. The molecule has 3 heteroatoms. The molecule has 0 radical (unpaired) electrons. The van der Waals surface area contributed by atoms with Gasteiger partial charge in [0, 0.05) is 0 Å². The predicted molar refractivity (Wildman–Crippen MR) is 48.7 cm³/mol. The SMILES string of the molecule is NN1CCCc2ccccc2[N-]1. The molecule has 0 saturated carbocycles. The summed E-state index contributed by atoms with van der Waals surface area (Å²) in [5, 5.41) is 1.52. The van der Waals surface area contributed by atoms with Gasteiger partial charge in [0.15, 0.2) is 0 Å². The molecular formula is C9H12N3-. The number of hydrogen-bond acceptors (Lipinski definition) is 2. The number of nitrogens with two attached hydrogens (primary N) is 1. The average molecular weight is 162 g/mol. The van der Waals surface area contributed by atoms with Crippen LogP contribution in [-0.4, -0.2) is 11.7 Å². The molecule has 0 aromatic heterocycles. The molecule has 1 heterocycles. The molecule has 0 fully saturated rings. The fraction of sp³-hybridized carbons (Fsp3) is 0.333. The fourth-order valence-electron chi connectivity index (χ4n) is 1.44. The van der Waals surface area contributed by atoms with Crippen LogP contribution < -0.4 is 5.84 Å². The van der Waals surface area contributed by atoms with Crippen LogP contribution in [0.5, 0.6) is 0 Å². The lowest BCUT2D eigenvalue weighted by Crippen LogP contribution is -2.25. The second-order valence-electron chi connectivity index (χ2n) is 3.00. The monoisotopic (exact) mass is 162 g/mol. The van der Waals surface area contributed by atoms with Crippen LogP contribution in [0, 0.1) is 0 Å². The van der Waals surface area contributed by atoms with E-state index < -0.39 is 0 Å². The van der Waals surface area contributed by atoms with Crippen molar-refractivity contribution in [2.45, 2.75) is 12.8 Å². The average Bonchev–Trinajstić information content (AvgIpc) is 2.25. The van der Waals surface area contributed by atoms with E-state index in [0.717, 1.165) is 25.1 Å². The van der Waals surface area contributed by atoms with Crippen molar-refractivity contribution >= 4 is 5.69 Å². The van der Waals surface area contributed by atoms with Gasteiger partial charge in [0.1, 0.15) is 0 Å². The van der Waals surface area contributed by atoms with Crippen LogP contribution in [0.1, 0.15) is 12.0 Å². The quantitative estimate of drug-likeness (QED) is 0.590. The molecule has 0 amide bonds. The van der Waals surface area contributed by atoms with Gasteiger partial charge in [0.05, 0.1) is 0 Å². The standard InChI is InChI=1S/C9H12N3/c10-12-7-3-5-8-4-1-2-6-9(8)11-12/h1-2,4,6H,3,5,7,10H2/q-1. The van der Waals surface area contributed by atoms with Crippen molar-refractivity contribution in [1.82, 2.24) is 5.12 Å². The highest BCUT2D eigenvalue weighted by molar-refractivity contribution is 5.54. The van der Waals surface area contributed by atoms with E-state index in [9.17, 15) is 0 Å². The molecule has 0 saturated heterocycles. The summed E-state index contributed by atoms with van der Waals surface area (Å²) in [6.45, 7) is 0.842. The summed E-state index contributed by atoms with van der Waals surface area (Å²) in [5.41, 5.74) is 6.56. The molecule has 0 aliphatic carbocycles. The first kappa shape index (κ1) is 7.58. The Morgan fingerprint density at radius 3 is 3.08 bits per heavy atom. The Balaban J connectivity index is 2.31. The Bertz CT molecular complexity index is 272. The van der Waals surface area contributed by atoms with Gasteiger partial charge in [0.25, 0.3) is 0 Å². The van der Waals surface area contributed by atoms with Crippen molar-refractivity contribution in [3.8, 4) is 0 Å². The van der Waals surface area contributed by atoms with Gasteiger partial charge in [0.2, 0.25) is 0 Å². The molecule has 1 aromatic carbocycles. The van der Waals surface area contributed by atoms with Crippen LogP contribution in [0.15, 0.2) is 24.3 Å². The van der Waals surface area contributed by atoms with Crippen molar-refractivity contribution in [1.29, 1.82) is 0 Å². The third kappa shape index (κ3) is 1.42. The van der Waals surface area contributed by atoms with E-state index in [1.807, 2.05) is 18.2 Å². The Labute approximate surface area is 72.1 Å². The first-order chi connectivity index (χ1) is 5.86. The minimum atomic E-state index is 0.842. The summed E-state index contributed by atoms with van der Waals surface area (Å²) >= 11 is 0. The molecule has 3 nitrogen and oxygen atoms in total. The first-order valence-corrected chi connectivity index (χ1v) is 4.18. The fourth-order valence-corrected chi connectivity index (χ4v) is 1.44. The molecule has 2 rings (SSSR count). The number of fused-ring (bicyclic) bond motifs is 1.